The minimum Gasteiger partial charge on any atom is -0.489 e. The van der Waals surface area contributed by atoms with Crippen molar-refractivity contribution in [2.45, 2.75) is 91.6 Å². The molecule has 248 valence electrons. The SMILES string of the molecule is [C-]#[N+]c1ccc(OC2C(C)(C)C(N3Cc4nc(C#CC5CN(C6CCN(C(=O)OC(C)(C)C)CC6)C5)ccc4C3=O)C2(C)C)cc1Cl. The standard InChI is InChI=1S/C37H44ClN5O4/c1-35(2,3)47-34(45)41-17-15-25(16-18-41)42-20-23(21-42)9-10-24-11-13-27-30(40-24)22-43(31(27)44)32-36(4,5)33(37(32,6)7)46-26-12-14-29(39-8)28(38)19-26/h11-14,19,23,25,32-33H,15-18,20-22H2,1-7H3. The van der Waals surface area contributed by atoms with E-state index in [0.29, 0.717) is 40.3 Å². The van der Waals surface area contributed by atoms with Gasteiger partial charge in [0.25, 0.3) is 5.91 Å². The molecule has 0 unspecified atom stereocenters. The minimum absolute atomic E-state index is 0.00610. The number of pyridine rings is 1. The van der Waals surface area contributed by atoms with Crippen LogP contribution in [0.3, 0.4) is 0 Å². The quantitative estimate of drug-likeness (QED) is 0.266. The summed E-state index contributed by atoms with van der Waals surface area (Å²) in [7, 11) is 0. The van der Waals surface area contributed by atoms with Gasteiger partial charge < -0.3 is 19.3 Å². The van der Waals surface area contributed by atoms with Crippen LogP contribution in [0.25, 0.3) is 4.85 Å². The summed E-state index contributed by atoms with van der Waals surface area (Å²) >= 11 is 6.27. The maximum absolute atomic E-state index is 13.7. The number of hydrogen-bond donors (Lipinski definition) is 0. The number of piperidine rings is 1. The van der Waals surface area contributed by atoms with Crippen molar-refractivity contribution in [1.82, 2.24) is 19.7 Å². The Kier molecular flexibility index (Phi) is 8.47. The molecule has 3 fully saturated rings. The molecule has 9 nitrogen and oxygen atoms in total. The molecule has 2 aromatic rings. The Morgan fingerprint density at radius 1 is 1.09 bits per heavy atom. The van der Waals surface area contributed by atoms with Crippen LogP contribution in [-0.4, -0.2) is 81.7 Å². The molecule has 10 heteroatoms. The Morgan fingerprint density at radius 3 is 2.38 bits per heavy atom. The Morgan fingerprint density at radius 2 is 1.77 bits per heavy atom. The number of carbonyl (C=O) groups excluding carboxylic acids is 2. The van der Waals surface area contributed by atoms with Gasteiger partial charge in [0.15, 0.2) is 0 Å². The van der Waals surface area contributed by atoms with Crippen LogP contribution in [0, 0.1) is 35.2 Å². The third-order valence-electron chi connectivity index (χ3n) is 10.1. The van der Waals surface area contributed by atoms with Crippen LogP contribution in [-0.2, 0) is 11.3 Å². The second kappa shape index (κ2) is 12.0. The largest absolute Gasteiger partial charge is 0.489 e. The molecule has 1 aromatic carbocycles. The van der Waals surface area contributed by atoms with Gasteiger partial charge in [0, 0.05) is 55.0 Å². The molecule has 47 heavy (non-hydrogen) atoms. The van der Waals surface area contributed by atoms with Gasteiger partial charge in [-0.1, -0.05) is 51.3 Å². The van der Waals surface area contributed by atoms with Crippen molar-refractivity contribution in [1.29, 1.82) is 0 Å². The lowest BCUT2D eigenvalue weighted by Crippen LogP contribution is -2.74. The highest BCUT2D eigenvalue weighted by Crippen LogP contribution is 2.59. The average molecular weight is 658 g/mol. The lowest BCUT2D eigenvalue weighted by atomic mass is 9.49. The van der Waals surface area contributed by atoms with Crippen molar-refractivity contribution in [3.8, 4) is 17.6 Å². The molecular formula is C37H44ClN5O4. The molecule has 1 aliphatic carbocycles. The van der Waals surface area contributed by atoms with Crippen LogP contribution in [0.4, 0.5) is 10.5 Å². The van der Waals surface area contributed by atoms with Crippen LogP contribution >= 0.6 is 11.6 Å². The molecule has 2 saturated heterocycles. The zero-order valence-corrected chi connectivity index (χ0v) is 29.1. The first-order valence-corrected chi connectivity index (χ1v) is 16.8. The second-order valence-corrected chi connectivity index (χ2v) is 15.9. The normalized spacial score (nSPS) is 23.9. The number of fused-ring (bicyclic) bond motifs is 1. The molecule has 1 aromatic heterocycles. The number of hydrogen-bond acceptors (Lipinski definition) is 6. The number of rotatable bonds is 4. The summed E-state index contributed by atoms with van der Waals surface area (Å²) < 4.78 is 12.0. The van der Waals surface area contributed by atoms with Gasteiger partial charge in [0.1, 0.15) is 23.1 Å². The van der Waals surface area contributed by atoms with Crippen molar-refractivity contribution in [2.75, 3.05) is 26.2 Å². The predicted molar refractivity (Wildman–Crippen MR) is 180 cm³/mol. The van der Waals surface area contributed by atoms with Gasteiger partial charge in [0.05, 0.1) is 29.4 Å². The van der Waals surface area contributed by atoms with Gasteiger partial charge in [-0.3, -0.25) is 9.69 Å². The van der Waals surface area contributed by atoms with Crippen molar-refractivity contribution >= 4 is 29.3 Å². The molecule has 3 aliphatic heterocycles. The third-order valence-corrected chi connectivity index (χ3v) is 10.4. The van der Waals surface area contributed by atoms with Crippen molar-refractivity contribution in [3.63, 3.8) is 0 Å². The predicted octanol–water partition coefficient (Wildman–Crippen LogP) is 6.81. The van der Waals surface area contributed by atoms with E-state index in [4.69, 9.17) is 32.6 Å². The van der Waals surface area contributed by atoms with E-state index < -0.39 is 5.60 Å². The fraction of sp³-hybridized carbons (Fsp3) is 0.568. The topological polar surface area (TPSA) is 79.6 Å². The monoisotopic (exact) mass is 657 g/mol. The van der Waals surface area contributed by atoms with Crippen molar-refractivity contribution in [2.24, 2.45) is 16.7 Å². The number of carbonyl (C=O) groups is 2. The van der Waals surface area contributed by atoms with Gasteiger partial charge in [-0.15, -0.1) is 0 Å². The van der Waals surface area contributed by atoms with E-state index in [9.17, 15) is 9.59 Å². The molecule has 6 rings (SSSR count). The van der Waals surface area contributed by atoms with E-state index in [1.807, 2.05) is 42.7 Å². The summed E-state index contributed by atoms with van der Waals surface area (Å²) in [4.78, 5) is 40.5. The maximum Gasteiger partial charge on any atom is 0.410 e. The second-order valence-electron chi connectivity index (χ2n) is 15.5. The number of nitrogens with zero attached hydrogens (tertiary/aromatic N) is 5. The first kappa shape index (κ1) is 33.1. The Labute approximate surface area is 283 Å². The van der Waals surface area contributed by atoms with Crippen LogP contribution in [0.5, 0.6) is 5.75 Å². The minimum atomic E-state index is -0.477. The van der Waals surface area contributed by atoms with E-state index in [1.165, 1.54) is 0 Å². The summed E-state index contributed by atoms with van der Waals surface area (Å²) in [5.41, 5.74) is 1.34. The number of benzene rings is 1. The van der Waals surface area contributed by atoms with Gasteiger partial charge in [-0.2, -0.15) is 0 Å². The highest BCUT2D eigenvalue weighted by Gasteiger charge is 2.67. The summed E-state index contributed by atoms with van der Waals surface area (Å²) in [5, 5.41) is 0.367. The molecule has 0 radical (unpaired) electrons. The first-order chi connectivity index (χ1) is 22.1. The summed E-state index contributed by atoms with van der Waals surface area (Å²) in [6.45, 7) is 25.2. The Hall–Kier alpha value is -3.79. The molecule has 4 heterocycles. The molecule has 0 N–H and O–H groups in total. The fourth-order valence-electron chi connectivity index (χ4n) is 8.30. The number of aromatic nitrogens is 1. The zero-order valence-electron chi connectivity index (χ0n) is 28.4. The molecule has 0 bridgehead atoms. The van der Waals surface area contributed by atoms with Gasteiger partial charge in [-0.05, 0) is 63.8 Å². The van der Waals surface area contributed by atoms with Gasteiger partial charge in [-0.25, -0.2) is 14.6 Å². The summed E-state index contributed by atoms with van der Waals surface area (Å²) in [6, 6.07) is 9.27. The van der Waals surface area contributed by atoms with Crippen molar-refractivity contribution < 1.29 is 19.1 Å². The first-order valence-electron chi connectivity index (χ1n) is 16.5. The molecule has 2 amide bonds. The van der Waals surface area contributed by atoms with Gasteiger partial charge in [0.2, 0.25) is 5.69 Å². The molecule has 0 atom stereocenters. The van der Waals surface area contributed by atoms with Gasteiger partial charge >= 0.3 is 6.09 Å². The lowest BCUT2D eigenvalue weighted by Gasteiger charge is -2.65. The Bertz CT molecular complexity index is 1670. The number of halogens is 1. The van der Waals surface area contributed by atoms with Crippen LogP contribution in [0.2, 0.25) is 5.02 Å². The van der Waals surface area contributed by atoms with Crippen molar-refractivity contribution in [3.05, 3.63) is 63.7 Å². The molecule has 1 saturated carbocycles. The fourth-order valence-corrected chi connectivity index (χ4v) is 8.52. The number of likely N-dealkylation sites (tertiary alicyclic amines) is 2. The Balaban J connectivity index is 1.04. The highest BCUT2D eigenvalue weighted by molar-refractivity contribution is 6.33. The highest BCUT2D eigenvalue weighted by atomic mass is 35.5. The zero-order chi connectivity index (χ0) is 33.9. The van der Waals surface area contributed by atoms with E-state index in [1.54, 1.807) is 18.2 Å². The molecule has 0 spiro atoms. The van der Waals surface area contributed by atoms with E-state index >= 15 is 0 Å². The maximum atomic E-state index is 13.7. The van der Waals surface area contributed by atoms with E-state index in [2.05, 4.69) is 49.3 Å². The van der Waals surface area contributed by atoms with Crippen LogP contribution < -0.4 is 4.74 Å². The number of amides is 2. The lowest BCUT2D eigenvalue weighted by molar-refractivity contribution is -0.199. The molecule has 4 aliphatic rings. The summed E-state index contributed by atoms with van der Waals surface area (Å²) in [5.74, 6) is 7.57. The van der Waals surface area contributed by atoms with E-state index in [-0.39, 0.29) is 40.9 Å². The third kappa shape index (κ3) is 6.28. The van der Waals surface area contributed by atoms with Crippen LogP contribution in [0.15, 0.2) is 30.3 Å². The van der Waals surface area contributed by atoms with Crippen LogP contribution in [0.1, 0.15) is 83.1 Å². The summed E-state index contributed by atoms with van der Waals surface area (Å²) in [6.07, 6.45) is 1.50. The average Bonchev–Trinajstić information content (AvgIpc) is 3.28. The number of ether oxygens (including phenoxy) is 2. The smallest absolute Gasteiger partial charge is 0.410 e. The van der Waals surface area contributed by atoms with E-state index in [0.717, 1.165) is 44.7 Å². The molecular weight excluding hydrogens is 614 g/mol.